The Morgan fingerprint density at radius 3 is 2.64 bits per heavy atom. The summed E-state index contributed by atoms with van der Waals surface area (Å²) in [6.45, 7) is 6.18. The van der Waals surface area contributed by atoms with Crippen LogP contribution in [0.1, 0.15) is 45.2 Å². The fourth-order valence-electron chi connectivity index (χ4n) is 2.61. The van der Waals surface area contributed by atoms with Crippen LogP contribution in [0.4, 0.5) is 4.79 Å². The third-order valence-electron chi connectivity index (χ3n) is 3.59. The number of benzene rings is 1. The lowest BCUT2D eigenvalue weighted by Gasteiger charge is -2.38. The van der Waals surface area contributed by atoms with Crippen molar-refractivity contribution in [1.82, 2.24) is 4.90 Å². The largest absolute Gasteiger partial charge is 0.444 e. The maximum Gasteiger partial charge on any atom is 0.410 e. The summed E-state index contributed by atoms with van der Waals surface area (Å²) in [5.74, 6) is 0. The molecule has 0 spiro atoms. The van der Waals surface area contributed by atoms with Gasteiger partial charge in [-0.1, -0.05) is 35.9 Å². The van der Waals surface area contributed by atoms with Gasteiger partial charge >= 0.3 is 6.09 Å². The first-order chi connectivity index (χ1) is 10.4. The fraction of sp³-hybridized carbons (Fsp3) is 0.444. The Bertz CT molecular complexity index is 594. The van der Waals surface area contributed by atoms with Crippen molar-refractivity contribution in [3.63, 3.8) is 0 Å². The van der Waals surface area contributed by atoms with Crippen molar-refractivity contribution in [3.05, 3.63) is 47.5 Å². The number of allylic oxidation sites excluding steroid dienone is 1. The topological polar surface area (TPSA) is 53.3 Å². The van der Waals surface area contributed by atoms with Gasteiger partial charge in [0.2, 0.25) is 0 Å². The van der Waals surface area contributed by atoms with Gasteiger partial charge in [-0.3, -0.25) is 0 Å². The number of hydrogen-bond donors (Lipinski definition) is 0. The summed E-state index contributed by atoms with van der Waals surface area (Å²) in [6.07, 6.45) is 2.70. The monoisotopic (exact) mass is 298 g/mol. The summed E-state index contributed by atoms with van der Waals surface area (Å²) in [5.41, 5.74) is 1.63. The third-order valence-corrected chi connectivity index (χ3v) is 3.59. The van der Waals surface area contributed by atoms with Gasteiger partial charge in [0.1, 0.15) is 5.60 Å². The first kappa shape index (κ1) is 16.1. The van der Waals surface area contributed by atoms with Gasteiger partial charge in [0.05, 0.1) is 12.1 Å². The van der Waals surface area contributed by atoms with Crippen molar-refractivity contribution in [2.75, 3.05) is 6.54 Å². The van der Waals surface area contributed by atoms with Crippen molar-refractivity contribution in [2.45, 2.75) is 45.3 Å². The normalized spacial score (nSPS) is 20.5. The number of nitrogens with zero attached hydrogens (tertiary/aromatic N) is 2. The quantitative estimate of drug-likeness (QED) is 0.730. The highest BCUT2D eigenvalue weighted by Gasteiger charge is 2.32. The number of piperidine rings is 1. The van der Waals surface area contributed by atoms with Crippen LogP contribution in [0.5, 0.6) is 0 Å². The van der Waals surface area contributed by atoms with Gasteiger partial charge in [-0.15, -0.1) is 0 Å². The zero-order chi connectivity index (χ0) is 16.2. The van der Waals surface area contributed by atoms with Crippen molar-refractivity contribution >= 4 is 6.09 Å². The van der Waals surface area contributed by atoms with Crippen molar-refractivity contribution in [1.29, 1.82) is 5.26 Å². The van der Waals surface area contributed by atoms with E-state index >= 15 is 0 Å². The van der Waals surface area contributed by atoms with Gasteiger partial charge in [-0.2, -0.15) is 5.26 Å². The zero-order valence-corrected chi connectivity index (χ0v) is 13.4. The maximum atomic E-state index is 12.5. The molecule has 116 valence electrons. The highest BCUT2D eigenvalue weighted by Crippen LogP contribution is 2.34. The van der Waals surface area contributed by atoms with Crippen molar-refractivity contribution in [3.8, 4) is 6.07 Å². The number of carbonyl (C=O) groups is 1. The van der Waals surface area contributed by atoms with E-state index in [-0.39, 0.29) is 12.1 Å². The molecule has 4 nitrogen and oxygen atoms in total. The van der Waals surface area contributed by atoms with E-state index in [0.717, 1.165) is 17.6 Å². The lowest BCUT2D eigenvalue weighted by molar-refractivity contribution is 0.0130. The third kappa shape index (κ3) is 4.11. The lowest BCUT2D eigenvalue weighted by atomic mass is 9.91. The Morgan fingerprint density at radius 2 is 2.05 bits per heavy atom. The summed E-state index contributed by atoms with van der Waals surface area (Å²) < 4.78 is 5.53. The smallest absolute Gasteiger partial charge is 0.410 e. The molecule has 0 saturated carbocycles. The second kappa shape index (κ2) is 6.65. The molecular weight excluding hydrogens is 276 g/mol. The van der Waals surface area contributed by atoms with Gasteiger partial charge in [-0.05, 0) is 39.2 Å². The highest BCUT2D eigenvalue weighted by molar-refractivity contribution is 5.69. The molecule has 1 aromatic rings. The minimum Gasteiger partial charge on any atom is -0.444 e. The number of ether oxygens (including phenoxy) is 1. The van der Waals surface area contributed by atoms with E-state index in [1.165, 1.54) is 0 Å². The minimum atomic E-state index is -0.513. The predicted molar refractivity (Wildman–Crippen MR) is 85.1 cm³/mol. The Morgan fingerprint density at radius 1 is 1.36 bits per heavy atom. The molecule has 1 fully saturated rings. The fourth-order valence-corrected chi connectivity index (χ4v) is 2.61. The van der Waals surface area contributed by atoms with E-state index < -0.39 is 5.60 Å². The number of amides is 1. The van der Waals surface area contributed by atoms with Crippen LogP contribution in [0.3, 0.4) is 0 Å². The van der Waals surface area contributed by atoms with Gasteiger partial charge in [0.25, 0.3) is 0 Å². The first-order valence-corrected chi connectivity index (χ1v) is 7.53. The second-order valence-corrected chi connectivity index (χ2v) is 6.49. The van der Waals surface area contributed by atoms with E-state index in [1.807, 2.05) is 51.1 Å². The van der Waals surface area contributed by atoms with Crippen molar-refractivity contribution in [2.24, 2.45) is 0 Å². The number of nitriles is 1. The Kier molecular flexibility index (Phi) is 4.87. The molecule has 22 heavy (non-hydrogen) atoms. The molecule has 1 aromatic carbocycles. The number of rotatable bonds is 1. The molecule has 1 amide bonds. The molecule has 0 aliphatic carbocycles. The van der Waals surface area contributed by atoms with E-state index in [0.29, 0.717) is 13.0 Å². The summed E-state index contributed by atoms with van der Waals surface area (Å²) in [7, 11) is 0. The van der Waals surface area contributed by atoms with Crippen LogP contribution in [0.2, 0.25) is 0 Å². The zero-order valence-electron chi connectivity index (χ0n) is 13.4. The summed E-state index contributed by atoms with van der Waals surface area (Å²) in [5, 5.41) is 8.87. The maximum absolute atomic E-state index is 12.5. The predicted octanol–water partition coefficient (Wildman–Crippen LogP) is 4.21. The highest BCUT2D eigenvalue weighted by atomic mass is 16.6. The van der Waals surface area contributed by atoms with Gasteiger partial charge < -0.3 is 9.64 Å². The van der Waals surface area contributed by atoms with Gasteiger partial charge in [0.15, 0.2) is 0 Å². The van der Waals surface area contributed by atoms with Crippen molar-refractivity contribution < 1.29 is 9.53 Å². The standard InChI is InChI=1S/C18H22N2O2/c1-18(2,3)22-17(21)20-12-10-14(9-11-19)13-16(20)15-7-5-4-6-8-15/h4-9,16H,10,12-13H2,1-3H3/t16-/m0/s1. The molecule has 1 aliphatic heterocycles. The van der Waals surface area contributed by atoms with Crippen LogP contribution in [0, 0.1) is 11.3 Å². The summed E-state index contributed by atoms with van der Waals surface area (Å²) >= 11 is 0. The average Bonchev–Trinajstić information content (AvgIpc) is 2.46. The molecule has 1 heterocycles. The van der Waals surface area contributed by atoms with Crippen LogP contribution in [0.25, 0.3) is 0 Å². The van der Waals surface area contributed by atoms with Crippen LogP contribution in [-0.4, -0.2) is 23.1 Å². The molecule has 1 atom stereocenters. The number of likely N-dealkylation sites (tertiary alicyclic amines) is 1. The molecule has 0 radical (unpaired) electrons. The Balaban J connectivity index is 2.26. The molecule has 0 aromatic heterocycles. The molecule has 0 bridgehead atoms. The molecule has 0 N–H and O–H groups in total. The van der Waals surface area contributed by atoms with Crippen LogP contribution in [0.15, 0.2) is 42.0 Å². The lowest BCUT2D eigenvalue weighted by Crippen LogP contribution is -2.42. The number of carbonyl (C=O) groups excluding carboxylic acids is 1. The first-order valence-electron chi connectivity index (χ1n) is 7.53. The van der Waals surface area contributed by atoms with Gasteiger partial charge in [0, 0.05) is 12.6 Å². The summed E-state index contributed by atoms with van der Waals surface area (Å²) in [4.78, 5) is 14.3. The minimum absolute atomic E-state index is 0.0793. The SMILES string of the molecule is CC(C)(C)OC(=O)N1CCC(=CC#N)C[C@H]1c1ccccc1. The van der Waals surface area contributed by atoms with E-state index in [1.54, 1.807) is 11.0 Å². The molecule has 0 unspecified atom stereocenters. The van der Waals surface area contributed by atoms with E-state index in [9.17, 15) is 4.79 Å². The molecule has 2 rings (SSSR count). The summed E-state index contributed by atoms with van der Waals surface area (Å²) in [6, 6.07) is 11.9. The molecule has 1 saturated heterocycles. The average molecular weight is 298 g/mol. The van der Waals surface area contributed by atoms with E-state index in [4.69, 9.17) is 10.00 Å². The second-order valence-electron chi connectivity index (χ2n) is 6.49. The molecule has 4 heteroatoms. The van der Waals surface area contributed by atoms with Crippen LogP contribution >= 0.6 is 0 Å². The van der Waals surface area contributed by atoms with E-state index in [2.05, 4.69) is 6.07 Å². The Labute approximate surface area is 132 Å². The molecule has 1 aliphatic rings. The van der Waals surface area contributed by atoms with Crippen LogP contribution in [-0.2, 0) is 4.74 Å². The van der Waals surface area contributed by atoms with Crippen LogP contribution < -0.4 is 0 Å². The Hall–Kier alpha value is -2.28. The van der Waals surface area contributed by atoms with Gasteiger partial charge in [-0.25, -0.2) is 4.79 Å². The molecular formula is C18H22N2O2. The number of hydrogen-bond acceptors (Lipinski definition) is 3.